The molecule has 3 aliphatic rings. The molecule has 12 rings (SSSR count). The summed E-state index contributed by atoms with van der Waals surface area (Å²) in [4.78, 5) is 15.4. The van der Waals surface area contributed by atoms with Crippen molar-refractivity contribution in [2.75, 3.05) is 0 Å². The van der Waals surface area contributed by atoms with Crippen molar-refractivity contribution >= 4 is 0 Å². The van der Waals surface area contributed by atoms with Crippen molar-refractivity contribution in [1.29, 1.82) is 0 Å². The quantitative estimate of drug-likeness (QED) is 0.168. The number of para-hydroxylation sites is 1. The molecule has 4 heteroatoms. The Balaban J connectivity index is 0.958. The van der Waals surface area contributed by atoms with E-state index in [-0.39, 0.29) is 17.3 Å². The number of hydrogen-bond acceptors (Lipinski definition) is 4. The van der Waals surface area contributed by atoms with Crippen LogP contribution in [0.5, 0.6) is 11.5 Å². The SMILES string of the molecule is C1=CC2c3ccccc3C3(c4ccccc4Oc4cc(-c5cccc(-c6nc(-c7ccc(-c8ccccc8)cc7)nc(-c7ccc(-c8ccccc8)cc7)n6)c5)ccc43)C2C=C1. The van der Waals surface area contributed by atoms with Crippen molar-refractivity contribution in [3.8, 4) is 79.0 Å². The van der Waals surface area contributed by atoms with Gasteiger partial charge in [0, 0.05) is 39.7 Å². The molecule has 62 heavy (non-hydrogen) atoms. The summed E-state index contributed by atoms with van der Waals surface area (Å²) in [5, 5.41) is 0. The molecule has 0 saturated heterocycles. The van der Waals surface area contributed by atoms with E-state index in [1.54, 1.807) is 0 Å². The normalized spacial score (nSPS) is 17.7. The van der Waals surface area contributed by atoms with Crippen LogP contribution in [0.1, 0.15) is 28.2 Å². The molecule has 0 bridgehead atoms. The van der Waals surface area contributed by atoms with E-state index in [1.807, 2.05) is 12.1 Å². The molecule has 4 nitrogen and oxygen atoms in total. The van der Waals surface area contributed by atoms with Crippen LogP contribution >= 0.6 is 0 Å². The van der Waals surface area contributed by atoms with Gasteiger partial charge in [-0.05, 0) is 62.7 Å². The lowest BCUT2D eigenvalue weighted by Crippen LogP contribution is -2.37. The van der Waals surface area contributed by atoms with E-state index in [0.29, 0.717) is 17.5 Å². The molecule has 0 saturated carbocycles. The third kappa shape index (κ3) is 5.87. The lowest BCUT2D eigenvalue weighted by Gasteiger charge is -2.43. The first kappa shape index (κ1) is 35.9. The minimum Gasteiger partial charge on any atom is -0.457 e. The number of nitrogens with zero attached hydrogens (tertiary/aromatic N) is 3. The van der Waals surface area contributed by atoms with Crippen LogP contribution in [0.25, 0.3) is 67.5 Å². The van der Waals surface area contributed by atoms with Gasteiger partial charge in [0.25, 0.3) is 0 Å². The van der Waals surface area contributed by atoms with Crippen LogP contribution in [0.15, 0.2) is 224 Å². The van der Waals surface area contributed by atoms with Crippen LogP contribution in [-0.4, -0.2) is 15.0 Å². The van der Waals surface area contributed by atoms with E-state index in [9.17, 15) is 0 Å². The monoisotopic (exact) mass is 793 g/mol. The molecule has 2 aliphatic carbocycles. The highest BCUT2D eigenvalue weighted by Crippen LogP contribution is 2.64. The van der Waals surface area contributed by atoms with Crippen molar-refractivity contribution in [3.05, 3.63) is 247 Å². The Morgan fingerprint density at radius 1 is 0.339 bits per heavy atom. The first-order valence-electron chi connectivity index (χ1n) is 21.3. The van der Waals surface area contributed by atoms with E-state index in [4.69, 9.17) is 19.7 Å². The summed E-state index contributed by atoms with van der Waals surface area (Å²) in [6, 6.07) is 70.6. The fourth-order valence-corrected chi connectivity index (χ4v) is 10.0. The average molecular weight is 794 g/mol. The summed E-state index contributed by atoms with van der Waals surface area (Å²) in [6.45, 7) is 0. The molecule has 8 aromatic carbocycles. The Morgan fingerprint density at radius 3 is 1.48 bits per heavy atom. The third-order valence-corrected chi connectivity index (χ3v) is 12.9. The Kier molecular flexibility index (Phi) is 8.49. The maximum Gasteiger partial charge on any atom is 0.164 e. The molecule has 3 unspecified atom stereocenters. The Labute approximate surface area is 361 Å². The van der Waals surface area contributed by atoms with E-state index in [1.165, 1.54) is 33.4 Å². The first-order valence-corrected chi connectivity index (χ1v) is 21.3. The Hall–Kier alpha value is -7.95. The predicted octanol–water partition coefficient (Wildman–Crippen LogP) is 14.2. The molecule has 1 spiro atoms. The van der Waals surface area contributed by atoms with Gasteiger partial charge in [-0.3, -0.25) is 0 Å². The van der Waals surface area contributed by atoms with Gasteiger partial charge in [0.05, 0.1) is 5.41 Å². The summed E-state index contributed by atoms with van der Waals surface area (Å²) in [5.41, 5.74) is 14.2. The number of benzene rings is 8. The fraction of sp³-hybridized carbons (Fsp3) is 0.0517. The van der Waals surface area contributed by atoms with Crippen molar-refractivity contribution in [3.63, 3.8) is 0 Å². The minimum atomic E-state index is -0.386. The molecule has 1 aromatic heterocycles. The van der Waals surface area contributed by atoms with Gasteiger partial charge in [0.1, 0.15) is 11.5 Å². The molecule has 0 fully saturated rings. The zero-order valence-corrected chi connectivity index (χ0v) is 33.8. The maximum atomic E-state index is 6.86. The van der Waals surface area contributed by atoms with Crippen LogP contribution in [0.4, 0.5) is 0 Å². The van der Waals surface area contributed by atoms with Gasteiger partial charge < -0.3 is 4.74 Å². The summed E-state index contributed by atoms with van der Waals surface area (Å²) < 4.78 is 6.86. The molecule has 0 radical (unpaired) electrons. The number of fused-ring (bicyclic) bond motifs is 9. The zero-order chi connectivity index (χ0) is 41.0. The molecule has 1 aliphatic heterocycles. The molecular weight excluding hydrogens is 755 g/mol. The number of hydrogen-bond donors (Lipinski definition) is 0. The van der Waals surface area contributed by atoms with Crippen LogP contribution in [0.2, 0.25) is 0 Å². The third-order valence-electron chi connectivity index (χ3n) is 12.9. The molecule has 3 atom stereocenters. The number of ether oxygens (including phenoxy) is 1. The average Bonchev–Trinajstić information content (AvgIpc) is 3.65. The highest BCUT2D eigenvalue weighted by atomic mass is 16.5. The standard InChI is InChI=1S/C58H39N3O/c1-3-14-38(15-4-1)40-26-30-42(31-27-40)55-59-56(43-32-28-41(29-33-43)39-16-5-2-6-17-39)61-57(60-55)46-19-13-18-44(36-46)45-34-35-52-54(37-45)62-53-25-12-11-24-51(53)58(52)49-22-9-7-20-47(49)48-21-8-10-23-50(48)58/h1-37,47,49H. The summed E-state index contributed by atoms with van der Waals surface area (Å²) >= 11 is 0. The van der Waals surface area contributed by atoms with E-state index < -0.39 is 0 Å². The smallest absolute Gasteiger partial charge is 0.164 e. The lowest BCUT2D eigenvalue weighted by molar-refractivity contribution is 0.374. The lowest BCUT2D eigenvalue weighted by atomic mass is 9.62. The molecular formula is C58H39N3O. The molecule has 0 N–H and O–H groups in total. The van der Waals surface area contributed by atoms with Crippen LogP contribution in [0, 0.1) is 5.92 Å². The van der Waals surface area contributed by atoms with Crippen LogP contribution in [-0.2, 0) is 5.41 Å². The fourth-order valence-electron chi connectivity index (χ4n) is 10.0. The van der Waals surface area contributed by atoms with E-state index >= 15 is 0 Å². The molecule has 292 valence electrons. The second-order valence-corrected chi connectivity index (χ2v) is 16.3. The van der Waals surface area contributed by atoms with Gasteiger partial charge in [-0.25, -0.2) is 15.0 Å². The predicted molar refractivity (Wildman–Crippen MR) is 250 cm³/mol. The molecule has 0 amide bonds. The van der Waals surface area contributed by atoms with Gasteiger partial charge in [-0.2, -0.15) is 0 Å². The highest BCUT2D eigenvalue weighted by Gasteiger charge is 2.56. The highest BCUT2D eigenvalue weighted by molar-refractivity contribution is 5.78. The Morgan fingerprint density at radius 2 is 0.806 bits per heavy atom. The van der Waals surface area contributed by atoms with Gasteiger partial charge >= 0.3 is 0 Å². The second-order valence-electron chi connectivity index (χ2n) is 16.3. The van der Waals surface area contributed by atoms with E-state index in [0.717, 1.165) is 50.4 Å². The minimum absolute atomic E-state index is 0.221. The van der Waals surface area contributed by atoms with Crippen molar-refractivity contribution in [1.82, 2.24) is 15.0 Å². The summed E-state index contributed by atoms with van der Waals surface area (Å²) in [7, 11) is 0. The maximum absolute atomic E-state index is 6.86. The van der Waals surface area contributed by atoms with E-state index in [2.05, 4.69) is 212 Å². The molecule has 2 heterocycles. The zero-order valence-electron chi connectivity index (χ0n) is 33.8. The number of rotatable bonds is 6. The van der Waals surface area contributed by atoms with Crippen LogP contribution < -0.4 is 4.74 Å². The van der Waals surface area contributed by atoms with Crippen molar-refractivity contribution < 1.29 is 4.74 Å². The van der Waals surface area contributed by atoms with Crippen molar-refractivity contribution in [2.45, 2.75) is 11.3 Å². The topological polar surface area (TPSA) is 47.9 Å². The van der Waals surface area contributed by atoms with Crippen LogP contribution in [0.3, 0.4) is 0 Å². The number of aromatic nitrogens is 3. The van der Waals surface area contributed by atoms with Gasteiger partial charge in [0.15, 0.2) is 17.5 Å². The second kappa shape index (κ2) is 14.6. The van der Waals surface area contributed by atoms with Gasteiger partial charge in [0.2, 0.25) is 0 Å². The Bertz CT molecular complexity index is 3110. The summed E-state index contributed by atoms with van der Waals surface area (Å²) in [5.74, 6) is 4.14. The number of allylic oxidation sites excluding steroid dienone is 4. The first-order chi connectivity index (χ1) is 30.7. The summed E-state index contributed by atoms with van der Waals surface area (Å²) in [6.07, 6.45) is 9.18. The van der Waals surface area contributed by atoms with Gasteiger partial charge in [-0.15, -0.1) is 0 Å². The van der Waals surface area contributed by atoms with Gasteiger partial charge in [-0.1, -0.05) is 206 Å². The van der Waals surface area contributed by atoms with Crippen molar-refractivity contribution in [2.24, 2.45) is 5.92 Å². The molecule has 9 aromatic rings. The largest absolute Gasteiger partial charge is 0.457 e.